The fourth-order valence-electron chi connectivity index (χ4n) is 2.67. The van der Waals surface area contributed by atoms with E-state index in [4.69, 9.17) is 9.47 Å². The van der Waals surface area contributed by atoms with Crippen molar-refractivity contribution in [1.82, 2.24) is 0 Å². The van der Waals surface area contributed by atoms with Gasteiger partial charge in [-0.15, -0.1) is 0 Å². The van der Waals surface area contributed by atoms with Crippen LogP contribution >= 0.6 is 0 Å². The van der Waals surface area contributed by atoms with E-state index in [9.17, 15) is 4.79 Å². The summed E-state index contributed by atoms with van der Waals surface area (Å²) in [6, 6.07) is 6.15. The third kappa shape index (κ3) is 4.10. The smallest absolute Gasteiger partial charge is 0.310 e. The summed E-state index contributed by atoms with van der Waals surface area (Å²) in [5.74, 6) is -0.199. The average Bonchev–Trinajstić information content (AvgIpc) is 2.55. The molecule has 0 saturated carbocycles. The molecular weight excluding hydrogens is 278 g/mol. The van der Waals surface area contributed by atoms with Crippen molar-refractivity contribution in [3.05, 3.63) is 42.0 Å². The van der Waals surface area contributed by atoms with Crippen molar-refractivity contribution < 1.29 is 14.3 Å². The van der Waals surface area contributed by atoms with E-state index in [0.717, 1.165) is 49.5 Å². The van der Waals surface area contributed by atoms with Gasteiger partial charge >= 0.3 is 5.97 Å². The Hall–Kier alpha value is -1.81. The van der Waals surface area contributed by atoms with Gasteiger partial charge in [-0.25, -0.2) is 0 Å². The van der Waals surface area contributed by atoms with Gasteiger partial charge in [0.2, 0.25) is 0 Å². The zero-order chi connectivity index (χ0) is 15.9. The van der Waals surface area contributed by atoms with Gasteiger partial charge in [-0.3, -0.25) is 4.79 Å². The molecule has 4 heteroatoms. The highest BCUT2D eigenvalue weighted by Gasteiger charge is 2.19. The standard InChI is InChI=1S/C18H25NO3/c1-4-15(5-2)22-18(20)13-16-14(3)7-6-8-17(16)19-9-11-21-12-10-19/h4,6-8,15H,1,5,9-13H2,2-3H3. The van der Waals surface area contributed by atoms with E-state index in [1.807, 2.05) is 26.0 Å². The Kier molecular flexibility index (Phi) is 6.01. The Bertz CT molecular complexity index is 521. The molecular formula is C18H25NO3. The summed E-state index contributed by atoms with van der Waals surface area (Å²) >= 11 is 0. The highest BCUT2D eigenvalue weighted by Crippen LogP contribution is 2.25. The number of anilines is 1. The largest absolute Gasteiger partial charge is 0.458 e. The number of aryl methyl sites for hydroxylation is 1. The molecule has 0 aromatic heterocycles. The second-order valence-electron chi connectivity index (χ2n) is 5.52. The Morgan fingerprint density at radius 3 is 2.82 bits per heavy atom. The van der Waals surface area contributed by atoms with Crippen LogP contribution in [0.4, 0.5) is 5.69 Å². The molecule has 1 unspecified atom stereocenters. The first-order valence-corrected chi connectivity index (χ1v) is 7.89. The minimum absolute atomic E-state index is 0.199. The molecule has 1 fully saturated rings. The Morgan fingerprint density at radius 1 is 1.45 bits per heavy atom. The van der Waals surface area contributed by atoms with Crippen LogP contribution in [0.15, 0.2) is 30.9 Å². The van der Waals surface area contributed by atoms with Crippen LogP contribution in [0.25, 0.3) is 0 Å². The third-order valence-electron chi connectivity index (χ3n) is 4.01. The first kappa shape index (κ1) is 16.6. The number of carbonyl (C=O) groups excluding carboxylic acids is 1. The van der Waals surface area contributed by atoms with Crippen LogP contribution in [0.2, 0.25) is 0 Å². The van der Waals surface area contributed by atoms with Gasteiger partial charge in [-0.1, -0.05) is 31.7 Å². The van der Waals surface area contributed by atoms with Gasteiger partial charge in [0.15, 0.2) is 0 Å². The summed E-state index contributed by atoms with van der Waals surface area (Å²) in [5, 5.41) is 0. The number of carbonyl (C=O) groups is 1. The minimum Gasteiger partial charge on any atom is -0.458 e. The lowest BCUT2D eigenvalue weighted by atomic mass is 10.0. The lowest BCUT2D eigenvalue weighted by Gasteiger charge is -2.31. The number of rotatable bonds is 6. The number of morpholine rings is 1. The zero-order valence-electron chi connectivity index (χ0n) is 13.5. The number of esters is 1. The molecule has 0 N–H and O–H groups in total. The molecule has 1 aromatic rings. The lowest BCUT2D eigenvalue weighted by Crippen LogP contribution is -2.37. The van der Waals surface area contributed by atoms with Gasteiger partial charge in [-0.2, -0.15) is 0 Å². The first-order valence-electron chi connectivity index (χ1n) is 7.89. The molecule has 1 aliphatic rings. The Labute approximate surface area is 132 Å². The van der Waals surface area contributed by atoms with Crippen molar-refractivity contribution in [1.29, 1.82) is 0 Å². The van der Waals surface area contributed by atoms with Gasteiger partial charge in [0.1, 0.15) is 6.10 Å². The van der Waals surface area contributed by atoms with Crippen molar-refractivity contribution in [2.75, 3.05) is 31.2 Å². The molecule has 2 rings (SSSR count). The highest BCUT2D eigenvalue weighted by molar-refractivity contribution is 5.76. The van der Waals surface area contributed by atoms with E-state index in [2.05, 4.69) is 17.5 Å². The number of hydrogen-bond acceptors (Lipinski definition) is 4. The monoisotopic (exact) mass is 303 g/mol. The van der Waals surface area contributed by atoms with Crippen LogP contribution in [0, 0.1) is 6.92 Å². The highest BCUT2D eigenvalue weighted by atomic mass is 16.5. The summed E-state index contributed by atoms with van der Waals surface area (Å²) < 4.78 is 10.9. The third-order valence-corrected chi connectivity index (χ3v) is 4.01. The number of hydrogen-bond donors (Lipinski definition) is 0. The minimum atomic E-state index is -0.205. The SMILES string of the molecule is C=CC(CC)OC(=O)Cc1c(C)cccc1N1CCOCC1. The first-order chi connectivity index (χ1) is 10.7. The van der Waals surface area contributed by atoms with E-state index < -0.39 is 0 Å². The maximum Gasteiger partial charge on any atom is 0.310 e. The molecule has 120 valence electrons. The van der Waals surface area contributed by atoms with Crippen molar-refractivity contribution in [3.63, 3.8) is 0 Å². The molecule has 0 amide bonds. The number of benzene rings is 1. The van der Waals surface area contributed by atoms with Crippen LogP contribution in [-0.4, -0.2) is 38.4 Å². The van der Waals surface area contributed by atoms with Gasteiger partial charge < -0.3 is 14.4 Å². The van der Waals surface area contributed by atoms with Crippen LogP contribution in [0.1, 0.15) is 24.5 Å². The number of ether oxygens (including phenoxy) is 2. The van der Waals surface area contributed by atoms with E-state index in [0.29, 0.717) is 6.42 Å². The summed E-state index contributed by atoms with van der Waals surface area (Å²) in [5.41, 5.74) is 3.29. The van der Waals surface area contributed by atoms with Gasteiger partial charge in [0.25, 0.3) is 0 Å². The van der Waals surface area contributed by atoms with Crippen molar-refractivity contribution in [2.45, 2.75) is 32.8 Å². The van der Waals surface area contributed by atoms with Crippen LogP contribution in [-0.2, 0) is 20.7 Å². The second-order valence-corrected chi connectivity index (χ2v) is 5.52. The molecule has 1 saturated heterocycles. The summed E-state index contributed by atoms with van der Waals surface area (Å²) in [4.78, 5) is 14.5. The average molecular weight is 303 g/mol. The van der Waals surface area contributed by atoms with Crippen molar-refractivity contribution >= 4 is 11.7 Å². The van der Waals surface area contributed by atoms with Gasteiger partial charge in [0, 0.05) is 18.8 Å². The summed E-state index contributed by atoms with van der Waals surface area (Å²) in [6.45, 7) is 10.9. The lowest BCUT2D eigenvalue weighted by molar-refractivity contribution is -0.146. The molecule has 22 heavy (non-hydrogen) atoms. The molecule has 0 aliphatic carbocycles. The van der Waals surface area contributed by atoms with Gasteiger partial charge in [0.05, 0.1) is 19.6 Å². The van der Waals surface area contributed by atoms with Crippen LogP contribution in [0.5, 0.6) is 0 Å². The molecule has 0 bridgehead atoms. The normalized spacial score (nSPS) is 16.2. The Balaban J connectivity index is 2.15. The maximum atomic E-state index is 12.2. The van der Waals surface area contributed by atoms with Crippen molar-refractivity contribution in [3.8, 4) is 0 Å². The molecule has 1 heterocycles. The molecule has 1 aromatic carbocycles. The summed E-state index contributed by atoms with van der Waals surface area (Å²) in [7, 11) is 0. The van der Waals surface area contributed by atoms with E-state index in [1.54, 1.807) is 6.08 Å². The molecule has 1 aliphatic heterocycles. The van der Waals surface area contributed by atoms with E-state index in [1.165, 1.54) is 0 Å². The van der Waals surface area contributed by atoms with Crippen molar-refractivity contribution in [2.24, 2.45) is 0 Å². The zero-order valence-corrected chi connectivity index (χ0v) is 13.5. The Morgan fingerprint density at radius 2 is 2.18 bits per heavy atom. The second kappa shape index (κ2) is 7.99. The predicted molar refractivity (Wildman–Crippen MR) is 88.3 cm³/mol. The van der Waals surface area contributed by atoms with E-state index in [-0.39, 0.29) is 12.1 Å². The predicted octanol–water partition coefficient (Wildman–Crippen LogP) is 2.88. The molecule has 1 atom stereocenters. The molecule has 0 spiro atoms. The number of nitrogens with zero attached hydrogens (tertiary/aromatic N) is 1. The van der Waals surface area contributed by atoms with Crippen LogP contribution in [0.3, 0.4) is 0 Å². The topological polar surface area (TPSA) is 38.8 Å². The quantitative estimate of drug-likeness (QED) is 0.598. The van der Waals surface area contributed by atoms with Crippen LogP contribution < -0.4 is 4.90 Å². The summed E-state index contributed by atoms with van der Waals surface area (Å²) in [6.07, 6.45) is 2.52. The fourth-order valence-corrected chi connectivity index (χ4v) is 2.67. The molecule has 4 nitrogen and oxygen atoms in total. The van der Waals surface area contributed by atoms with E-state index >= 15 is 0 Å². The fraction of sp³-hybridized carbons (Fsp3) is 0.500. The molecule has 0 radical (unpaired) electrons. The maximum absolute atomic E-state index is 12.2. The van der Waals surface area contributed by atoms with Gasteiger partial charge in [-0.05, 0) is 30.5 Å².